The lowest BCUT2D eigenvalue weighted by molar-refractivity contribution is -0.274. The number of nitrogens with zero attached hydrogens (tertiary/aromatic N) is 3. The van der Waals surface area contributed by atoms with Crippen molar-refractivity contribution >= 4 is 10.0 Å². The number of aromatic nitrogens is 2. The van der Waals surface area contributed by atoms with Gasteiger partial charge in [-0.2, -0.15) is 4.31 Å². The Kier molecular flexibility index (Phi) is 5.48. The maximum absolute atomic E-state index is 12.7. The molecule has 2 aromatic rings. The molecule has 1 aliphatic heterocycles. The van der Waals surface area contributed by atoms with Gasteiger partial charge < -0.3 is 9.47 Å². The third-order valence-corrected chi connectivity index (χ3v) is 5.92. The van der Waals surface area contributed by atoms with Crippen LogP contribution in [0.1, 0.15) is 17.8 Å². The normalized spacial score (nSPS) is 18.2. The van der Waals surface area contributed by atoms with E-state index < -0.39 is 28.2 Å². The number of sulfonamides is 1. The first-order valence-electron chi connectivity index (χ1n) is 8.38. The highest BCUT2D eigenvalue weighted by atomic mass is 32.2. The predicted octanol–water partition coefficient (Wildman–Crippen LogP) is 2.83. The molecule has 3 rings (SSSR count). The Labute approximate surface area is 160 Å². The van der Waals surface area contributed by atoms with Gasteiger partial charge in [-0.25, -0.2) is 18.4 Å². The molecule has 11 heteroatoms. The molecule has 0 N–H and O–H groups in total. The van der Waals surface area contributed by atoms with Crippen LogP contribution in [0.3, 0.4) is 0 Å². The van der Waals surface area contributed by atoms with Gasteiger partial charge in [0.25, 0.3) is 0 Å². The van der Waals surface area contributed by atoms with Gasteiger partial charge in [-0.15, -0.1) is 13.2 Å². The van der Waals surface area contributed by atoms with Gasteiger partial charge in [-0.05, 0) is 50.6 Å². The molecule has 1 aromatic heterocycles. The summed E-state index contributed by atoms with van der Waals surface area (Å²) in [6.45, 7) is 3.93. The Morgan fingerprint density at radius 2 is 1.71 bits per heavy atom. The molecule has 0 aliphatic carbocycles. The Balaban J connectivity index is 1.68. The van der Waals surface area contributed by atoms with E-state index in [9.17, 15) is 21.6 Å². The van der Waals surface area contributed by atoms with Gasteiger partial charge >= 0.3 is 12.4 Å². The van der Waals surface area contributed by atoms with Crippen LogP contribution in [0.4, 0.5) is 13.2 Å². The molecular formula is C17H18F3N3O4S. The molecule has 1 unspecified atom stereocenters. The molecule has 1 aromatic carbocycles. The number of benzene rings is 1. The zero-order chi connectivity index (χ0) is 20.5. The highest BCUT2D eigenvalue weighted by Gasteiger charge is 2.35. The number of alkyl halides is 3. The van der Waals surface area contributed by atoms with E-state index in [4.69, 9.17) is 4.74 Å². The Bertz CT molecular complexity index is 929. The van der Waals surface area contributed by atoms with Crippen molar-refractivity contribution in [2.45, 2.75) is 37.6 Å². The summed E-state index contributed by atoms with van der Waals surface area (Å²) in [5.41, 5.74) is 1.48. The smallest absolute Gasteiger partial charge is 0.459 e. The number of aryl methyl sites for hydroxylation is 2. The standard InChI is InChI=1S/C17H18F3N3O4S/c1-11-9-12(2)22-16(21-11)26-14-7-8-23(10-14)28(24,25)15-5-3-13(4-6-15)27-17(18,19)20/h3-6,9,14H,7-8,10H2,1-2H3. The molecular weight excluding hydrogens is 399 g/mol. The van der Waals surface area contributed by atoms with Gasteiger partial charge in [0.2, 0.25) is 10.0 Å². The van der Waals surface area contributed by atoms with Crippen LogP contribution in [0.15, 0.2) is 35.2 Å². The topological polar surface area (TPSA) is 81.6 Å². The van der Waals surface area contributed by atoms with E-state index in [2.05, 4.69) is 14.7 Å². The van der Waals surface area contributed by atoms with E-state index in [1.54, 1.807) is 19.9 Å². The third kappa shape index (κ3) is 4.90. The van der Waals surface area contributed by atoms with Gasteiger partial charge in [0, 0.05) is 17.9 Å². The second-order valence-electron chi connectivity index (χ2n) is 6.34. The number of rotatable bonds is 5. The fourth-order valence-corrected chi connectivity index (χ4v) is 4.36. The second kappa shape index (κ2) is 7.55. The molecule has 0 bridgehead atoms. The van der Waals surface area contributed by atoms with Crippen molar-refractivity contribution in [1.29, 1.82) is 0 Å². The van der Waals surface area contributed by atoms with Crippen molar-refractivity contribution in [1.82, 2.24) is 14.3 Å². The van der Waals surface area contributed by atoms with Crippen LogP contribution in [-0.2, 0) is 10.0 Å². The van der Waals surface area contributed by atoms with Crippen LogP contribution >= 0.6 is 0 Å². The molecule has 28 heavy (non-hydrogen) atoms. The average Bonchev–Trinajstić information content (AvgIpc) is 3.02. The second-order valence-corrected chi connectivity index (χ2v) is 8.28. The van der Waals surface area contributed by atoms with E-state index in [1.165, 1.54) is 4.31 Å². The number of hydrogen-bond donors (Lipinski definition) is 0. The van der Waals surface area contributed by atoms with Crippen molar-refractivity contribution in [2.24, 2.45) is 0 Å². The first kappa shape index (κ1) is 20.3. The van der Waals surface area contributed by atoms with Crippen LogP contribution in [-0.4, -0.2) is 48.2 Å². The number of ether oxygens (including phenoxy) is 2. The highest BCUT2D eigenvalue weighted by molar-refractivity contribution is 7.89. The minimum atomic E-state index is -4.84. The maximum Gasteiger partial charge on any atom is 0.573 e. The monoisotopic (exact) mass is 417 g/mol. The van der Waals surface area contributed by atoms with E-state index >= 15 is 0 Å². The minimum Gasteiger partial charge on any atom is -0.459 e. The lowest BCUT2D eigenvalue weighted by Gasteiger charge is -2.17. The van der Waals surface area contributed by atoms with E-state index in [0.29, 0.717) is 6.42 Å². The van der Waals surface area contributed by atoms with Gasteiger partial charge in [-0.3, -0.25) is 0 Å². The van der Waals surface area contributed by atoms with Crippen molar-refractivity contribution < 1.29 is 31.1 Å². The number of halogens is 3. The summed E-state index contributed by atoms with van der Waals surface area (Å²) in [5.74, 6) is -0.485. The van der Waals surface area contributed by atoms with Gasteiger partial charge in [0.05, 0.1) is 11.4 Å². The zero-order valence-electron chi connectivity index (χ0n) is 15.1. The molecule has 7 nitrogen and oxygen atoms in total. The van der Waals surface area contributed by atoms with E-state index in [0.717, 1.165) is 35.7 Å². The van der Waals surface area contributed by atoms with Gasteiger partial charge in [0.1, 0.15) is 11.9 Å². The SMILES string of the molecule is Cc1cc(C)nc(OC2CCN(S(=O)(=O)c3ccc(OC(F)(F)F)cc3)C2)n1. The molecule has 0 radical (unpaired) electrons. The average molecular weight is 417 g/mol. The summed E-state index contributed by atoms with van der Waals surface area (Å²) in [5, 5.41) is 0. The van der Waals surface area contributed by atoms with E-state index in [1.807, 2.05) is 0 Å². The first-order chi connectivity index (χ1) is 13.0. The van der Waals surface area contributed by atoms with Crippen molar-refractivity contribution in [3.8, 4) is 11.8 Å². The van der Waals surface area contributed by atoms with Crippen LogP contribution in [0.2, 0.25) is 0 Å². The summed E-state index contributed by atoms with van der Waals surface area (Å²) >= 11 is 0. The first-order valence-corrected chi connectivity index (χ1v) is 9.82. The molecule has 0 spiro atoms. The minimum absolute atomic E-state index is 0.0967. The van der Waals surface area contributed by atoms with Crippen LogP contribution < -0.4 is 9.47 Å². The van der Waals surface area contributed by atoms with Crippen LogP contribution in [0, 0.1) is 13.8 Å². The van der Waals surface area contributed by atoms with Crippen molar-refractivity contribution in [3.05, 3.63) is 41.7 Å². The van der Waals surface area contributed by atoms with Gasteiger partial charge in [-0.1, -0.05) is 0 Å². The summed E-state index contributed by atoms with van der Waals surface area (Å²) in [6.07, 6.45) is -4.80. The van der Waals surface area contributed by atoms with Gasteiger partial charge in [0.15, 0.2) is 0 Å². The Morgan fingerprint density at radius 3 is 2.29 bits per heavy atom. The van der Waals surface area contributed by atoms with Crippen molar-refractivity contribution in [3.63, 3.8) is 0 Å². The fraction of sp³-hybridized carbons (Fsp3) is 0.412. The summed E-state index contributed by atoms with van der Waals surface area (Å²) in [7, 11) is -3.86. The molecule has 1 atom stereocenters. The lowest BCUT2D eigenvalue weighted by Crippen LogP contribution is -2.31. The molecule has 0 amide bonds. The molecule has 1 fully saturated rings. The Morgan fingerprint density at radius 1 is 1.11 bits per heavy atom. The molecule has 0 saturated carbocycles. The summed E-state index contributed by atoms with van der Waals surface area (Å²) in [6, 6.07) is 6.08. The zero-order valence-corrected chi connectivity index (χ0v) is 15.9. The van der Waals surface area contributed by atoms with Crippen LogP contribution in [0.25, 0.3) is 0 Å². The molecule has 152 valence electrons. The highest BCUT2D eigenvalue weighted by Crippen LogP contribution is 2.27. The van der Waals surface area contributed by atoms with Crippen molar-refractivity contribution in [2.75, 3.05) is 13.1 Å². The lowest BCUT2D eigenvalue weighted by atomic mass is 10.3. The fourth-order valence-electron chi connectivity index (χ4n) is 2.87. The summed E-state index contributed by atoms with van der Waals surface area (Å²) < 4.78 is 72.8. The van der Waals surface area contributed by atoms with E-state index in [-0.39, 0.29) is 24.0 Å². The maximum atomic E-state index is 12.7. The third-order valence-electron chi connectivity index (χ3n) is 4.04. The Hall–Kier alpha value is -2.40. The summed E-state index contributed by atoms with van der Waals surface area (Å²) in [4.78, 5) is 8.23. The number of hydrogen-bond acceptors (Lipinski definition) is 6. The molecule has 1 saturated heterocycles. The quantitative estimate of drug-likeness (QED) is 0.744. The molecule has 1 aliphatic rings. The predicted molar refractivity (Wildman–Crippen MR) is 92.4 cm³/mol. The largest absolute Gasteiger partial charge is 0.573 e. The molecule has 2 heterocycles. The van der Waals surface area contributed by atoms with Crippen LogP contribution in [0.5, 0.6) is 11.8 Å².